The van der Waals surface area contributed by atoms with Crippen molar-refractivity contribution in [3.8, 4) is 0 Å². The number of fused-ring (bicyclic) bond motifs is 1. The SMILES string of the molecule is Cn1c(=O)c2[nH]cnc2n(C)c1=O.O=C1CCC(C(=O)O)N1. The summed E-state index contributed by atoms with van der Waals surface area (Å²) in [5.74, 6) is -1.11. The highest BCUT2D eigenvalue weighted by Crippen LogP contribution is 2.05. The number of carboxylic acids is 1. The number of H-pyrrole nitrogens is 1. The highest BCUT2D eigenvalue weighted by atomic mass is 16.4. The second-order valence-electron chi connectivity index (χ2n) is 4.80. The Kier molecular flexibility index (Phi) is 4.11. The average molecular weight is 309 g/mol. The first kappa shape index (κ1) is 15.5. The molecule has 10 heteroatoms. The molecule has 2 aromatic rings. The average Bonchev–Trinajstić information content (AvgIpc) is 3.12. The fourth-order valence-electron chi connectivity index (χ4n) is 2.07. The minimum Gasteiger partial charge on any atom is -0.480 e. The van der Waals surface area contributed by atoms with Crippen molar-refractivity contribution >= 4 is 23.0 Å². The number of amides is 1. The number of hydrogen-bond donors (Lipinski definition) is 3. The number of aromatic amines is 1. The lowest BCUT2D eigenvalue weighted by molar-refractivity contribution is -0.140. The number of aryl methyl sites for hydroxylation is 1. The fourth-order valence-corrected chi connectivity index (χ4v) is 2.07. The number of nitrogens with one attached hydrogen (secondary N) is 2. The Morgan fingerprint density at radius 2 is 2.00 bits per heavy atom. The molecule has 3 heterocycles. The number of aromatic nitrogens is 4. The molecule has 118 valence electrons. The van der Waals surface area contributed by atoms with E-state index in [-0.39, 0.29) is 17.2 Å². The zero-order valence-corrected chi connectivity index (χ0v) is 12.0. The monoisotopic (exact) mass is 309 g/mol. The van der Waals surface area contributed by atoms with E-state index in [1.807, 2.05) is 0 Å². The van der Waals surface area contributed by atoms with Gasteiger partial charge in [0.1, 0.15) is 11.6 Å². The van der Waals surface area contributed by atoms with Crippen molar-refractivity contribution in [2.75, 3.05) is 0 Å². The summed E-state index contributed by atoms with van der Waals surface area (Å²) >= 11 is 0. The second kappa shape index (κ2) is 5.84. The molecule has 0 saturated carbocycles. The van der Waals surface area contributed by atoms with Gasteiger partial charge in [-0.2, -0.15) is 0 Å². The van der Waals surface area contributed by atoms with Gasteiger partial charge in [0.2, 0.25) is 5.91 Å². The molecule has 0 aliphatic carbocycles. The maximum Gasteiger partial charge on any atom is 0.332 e. The van der Waals surface area contributed by atoms with E-state index in [1.54, 1.807) is 7.05 Å². The summed E-state index contributed by atoms with van der Waals surface area (Å²) in [5.41, 5.74) is 0.0119. The molecule has 1 unspecified atom stereocenters. The number of aliphatic carboxylic acids is 1. The highest BCUT2D eigenvalue weighted by molar-refractivity contribution is 5.87. The van der Waals surface area contributed by atoms with Gasteiger partial charge >= 0.3 is 11.7 Å². The topological polar surface area (TPSA) is 139 Å². The molecule has 1 aliphatic heterocycles. The van der Waals surface area contributed by atoms with E-state index in [1.165, 1.54) is 17.9 Å². The van der Waals surface area contributed by atoms with Crippen LogP contribution in [0.2, 0.25) is 0 Å². The standard InChI is InChI=1S/C7H8N4O2.C5H7NO3/c1-10-5-4(8-3-9-5)6(12)11(2)7(10)13;7-4-2-1-3(6-4)5(8)9/h3H,1-2H3,(H,8,9);3H,1-2H2,(H,6,7)(H,8,9). The van der Waals surface area contributed by atoms with Crippen LogP contribution in [0.3, 0.4) is 0 Å². The largest absolute Gasteiger partial charge is 0.480 e. The van der Waals surface area contributed by atoms with E-state index >= 15 is 0 Å². The first-order valence-corrected chi connectivity index (χ1v) is 6.44. The summed E-state index contributed by atoms with van der Waals surface area (Å²) < 4.78 is 2.37. The molecule has 3 rings (SSSR count). The van der Waals surface area contributed by atoms with Gasteiger partial charge < -0.3 is 15.4 Å². The Morgan fingerprint density at radius 1 is 1.32 bits per heavy atom. The van der Waals surface area contributed by atoms with Gasteiger partial charge in [-0.3, -0.25) is 18.7 Å². The molecule has 3 N–H and O–H groups in total. The third kappa shape index (κ3) is 2.75. The van der Waals surface area contributed by atoms with Gasteiger partial charge in [0.05, 0.1) is 6.33 Å². The maximum absolute atomic E-state index is 11.4. The van der Waals surface area contributed by atoms with Gasteiger partial charge in [-0.1, -0.05) is 0 Å². The van der Waals surface area contributed by atoms with Crippen LogP contribution in [0.25, 0.3) is 11.2 Å². The number of rotatable bonds is 1. The van der Waals surface area contributed by atoms with Crippen LogP contribution >= 0.6 is 0 Å². The number of carboxylic acid groups (broad SMARTS) is 1. The Hall–Kier alpha value is -2.91. The number of carbonyl (C=O) groups excluding carboxylic acids is 1. The van der Waals surface area contributed by atoms with Crippen molar-refractivity contribution in [3.05, 3.63) is 27.2 Å². The van der Waals surface area contributed by atoms with Gasteiger partial charge in [-0.15, -0.1) is 0 Å². The molecule has 1 atom stereocenters. The first-order chi connectivity index (χ1) is 10.3. The summed E-state index contributed by atoms with van der Waals surface area (Å²) in [4.78, 5) is 49.9. The third-order valence-corrected chi connectivity index (χ3v) is 3.32. The van der Waals surface area contributed by atoms with Crippen LogP contribution in [0.1, 0.15) is 12.8 Å². The second-order valence-corrected chi connectivity index (χ2v) is 4.80. The lowest BCUT2D eigenvalue weighted by Crippen LogP contribution is -2.36. The molecule has 0 radical (unpaired) electrons. The van der Waals surface area contributed by atoms with E-state index in [0.29, 0.717) is 24.0 Å². The minimum atomic E-state index is -0.944. The van der Waals surface area contributed by atoms with Crippen LogP contribution in [0.5, 0.6) is 0 Å². The van der Waals surface area contributed by atoms with Gasteiger partial charge in [-0.05, 0) is 6.42 Å². The van der Waals surface area contributed by atoms with Crippen molar-refractivity contribution < 1.29 is 14.7 Å². The molecule has 2 aromatic heterocycles. The van der Waals surface area contributed by atoms with Crippen LogP contribution in [-0.2, 0) is 23.7 Å². The molecule has 0 spiro atoms. The molecule has 0 aromatic carbocycles. The number of carbonyl (C=O) groups is 2. The third-order valence-electron chi connectivity index (χ3n) is 3.32. The Bertz CT molecular complexity index is 846. The molecule has 1 amide bonds. The predicted molar refractivity (Wildman–Crippen MR) is 75.4 cm³/mol. The van der Waals surface area contributed by atoms with Crippen molar-refractivity contribution in [2.45, 2.75) is 18.9 Å². The summed E-state index contributed by atoms with van der Waals surface area (Å²) in [6.45, 7) is 0. The molecular formula is C12H15N5O5. The molecule has 1 fully saturated rings. The zero-order chi connectivity index (χ0) is 16.4. The van der Waals surface area contributed by atoms with Crippen molar-refractivity contribution in [2.24, 2.45) is 14.1 Å². The van der Waals surface area contributed by atoms with E-state index in [9.17, 15) is 19.2 Å². The Morgan fingerprint density at radius 3 is 2.50 bits per heavy atom. The van der Waals surface area contributed by atoms with Gasteiger partial charge in [0.15, 0.2) is 5.65 Å². The number of hydrogen-bond acceptors (Lipinski definition) is 5. The van der Waals surface area contributed by atoms with Crippen LogP contribution in [-0.4, -0.2) is 42.1 Å². The van der Waals surface area contributed by atoms with Gasteiger partial charge in [-0.25, -0.2) is 14.6 Å². The maximum atomic E-state index is 11.4. The van der Waals surface area contributed by atoms with Crippen molar-refractivity contribution in [3.63, 3.8) is 0 Å². The van der Waals surface area contributed by atoms with E-state index in [0.717, 1.165) is 4.57 Å². The fraction of sp³-hybridized carbons (Fsp3) is 0.417. The van der Waals surface area contributed by atoms with Gasteiger partial charge in [0.25, 0.3) is 5.56 Å². The summed E-state index contributed by atoms with van der Waals surface area (Å²) in [7, 11) is 3.01. The minimum absolute atomic E-state index is 0.164. The van der Waals surface area contributed by atoms with E-state index in [2.05, 4.69) is 15.3 Å². The van der Waals surface area contributed by atoms with Crippen molar-refractivity contribution in [1.29, 1.82) is 0 Å². The lowest BCUT2D eigenvalue weighted by atomic mass is 10.2. The summed E-state index contributed by atoms with van der Waals surface area (Å²) in [6, 6.07) is -0.641. The first-order valence-electron chi connectivity index (χ1n) is 6.44. The Balaban J connectivity index is 0.000000172. The van der Waals surface area contributed by atoms with Gasteiger partial charge in [0, 0.05) is 20.5 Å². The Labute approximate surface area is 123 Å². The molecule has 10 nitrogen and oxygen atoms in total. The summed E-state index contributed by atoms with van der Waals surface area (Å²) in [6.07, 6.45) is 2.16. The molecular weight excluding hydrogens is 294 g/mol. The smallest absolute Gasteiger partial charge is 0.332 e. The summed E-state index contributed by atoms with van der Waals surface area (Å²) in [5, 5.41) is 10.6. The highest BCUT2D eigenvalue weighted by Gasteiger charge is 2.26. The normalized spacial score (nSPS) is 17.0. The molecule has 22 heavy (non-hydrogen) atoms. The molecule has 1 saturated heterocycles. The van der Waals surface area contributed by atoms with E-state index < -0.39 is 12.0 Å². The zero-order valence-electron chi connectivity index (χ0n) is 12.0. The van der Waals surface area contributed by atoms with Crippen LogP contribution < -0.4 is 16.6 Å². The van der Waals surface area contributed by atoms with Crippen LogP contribution in [0, 0.1) is 0 Å². The quantitative estimate of drug-likeness (QED) is 0.574. The van der Waals surface area contributed by atoms with Crippen LogP contribution in [0.4, 0.5) is 0 Å². The molecule has 0 bridgehead atoms. The van der Waals surface area contributed by atoms with Crippen molar-refractivity contribution in [1.82, 2.24) is 24.4 Å². The predicted octanol–water partition coefficient (Wildman–Crippen LogP) is -1.69. The number of nitrogens with zero attached hydrogens (tertiary/aromatic N) is 3. The number of imidazole rings is 1. The van der Waals surface area contributed by atoms with Crippen LogP contribution in [0.15, 0.2) is 15.9 Å². The lowest BCUT2D eigenvalue weighted by Gasteiger charge is -2.00. The molecule has 1 aliphatic rings. The van der Waals surface area contributed by atoms with E-state index in [4.69, 9.17) is 5.11 Å².